The normalized spacial score (nSPS) is 17.7. The van der Waals surface area contributed by atoms with Gasteiger partial charge in [-0.15, -0.1) is 0 Å². The van der Waals surface area contributed by atoms with Gasteiger partial charge in [-0.05, 0) is 48.2 Å². The quantitative estimate of drug-likeness (QED) is 0.504. The van der Waals surface area contributed by atoms with Crippen molar-refractivity contribution in [3.63, 3.8) is 0 Å². The van der Waals surface area contributed by atoms with Gasteiger partial charge in [0.1, 0.15) is 17.6 Å². The smallest absolute Gasteiger partial charge is 0.248 e. The molecule has 2 aromatic heterocycles. The van der Waals surface area contributed by atoms with E-state index in [1.54, 1.807) is 22.9 Å². The monoisotopic (exact) mass is 463 g/mol. The number of aliphatic imine (C=N–C) groups is 1. The lowest BCUT2D eigenvalue weighted by molar-refractivity contribution is -0.0448. The van der Waals surface area contributed by atoms with Crippen LogP contribution in [0.2, 0.25) is 0 Å². The third-order valence-corrected chi connectivity index (χ3v) is 6.39. The van der Waals surface area contributed by atoms with Gasteiger partial charge in [0, 0.05) is 36.7 Å². The van der Waals surface area contributed by atoms with Gasteiger partial charge in [-0.1, -0.05) is 6.07 Å². The standard InChI is InChI=1S/C25H20F3N5O/c26-17-3-1-15(21(10-17)16-2-4-18(12-29)30-13-16)9-19-11-23(34)22-14-31-33(24(22)32-19)20-5-7-25(27,28)8-6-20/h1-4,10,13-14,20H,5-9,11H2. The first-order chi connectivity index (χ1) is 16.3. The second kappa shape index (κ2) is 8.52. The van der Waals surface area contributed by atoms with E-state index in [4.69, 9.17) is 10.3 Å². The maximum absolute atomic E-state index is 14.1. The van der Waals surface area contributed by atoms with Gasteiger partial charge in [0.25, 0.3) is 0 Å². The number of fused-ring (bicyclic) bond motifs is 1. The highest BCUT2D eigenvalue weighted by Gasteiger charge is 2.37. The van der Waals surface area contributed by atoms with Crippen molar-refractivity contribution in [2.75, 3.05) is 0 Å². The number of pyridine rings is 1. The number of nitriles is 1. The molecule has 0 spiro atoms. The van der Waals surface area contributed by atoms with Crippen LogP contribution in [0.25, 0.3) is 11.1 Å². The van der Waals surface area contributed by atoms with E-state index in [2.05, 4.69) is 10.1 Å². The van der Waals surface area contributed by atoms with Crippen LogP contribution in [0, 0.1) is 17.1 Å². The molecule has 2 aliphatic rings. The molecular weight excluding hydrogens is 443 g/mol. The molecule has 0 N–H and O–H groups in total. The molecule has 0 amide bonds. The summed E-state index contributed by atoms with van der Waals surface area (Å²) in [6.07, 6.45) is 3.50. The SMILES string of the molecule is N#Cc1ccc(-c2cc(F)ccc2CC2=Nc3c(cnn3C3CCC(F)(F)CC3)C(=O)C2)cn1. The van der Waals surface area contributed by atoms with Crippen molar-refractivity contribution in [3.05, 3.63) is 65.4 Å². The minimum Gasteiger partial charge on any atom is -0.294 e. The maximum atomic E-state index is 14.1. The average Bonchev–Trinajstić information content (AvgIpc) is 3.25. The fraction of sp³-hybridized carbons (Fsp3) is 0.320. The van der Waals surface area contributed by atoms with Crippen molar-refractivity contribution in [3.8, 4) is 17.2 Å². The summed E-state index contributed by atoms with van der Waals surface area (Å²) in [5.41, 5.74) is 3.24. The molecular formula is C25H20F3N5O. The average molecular weight is 463 g/mol. The number of hydrogen-bond acceptors (Lipinski definition) is 5. The summed E-state index contributed by atoms with van der Waals surface area (Å²) in [7, 11) is 0. The Bertz CT molecular complexity index is 1330. The lowest BCUT2D eigenvalue weighted by atomic mass is 9.92. The number of benzene rings is 1. The number of carbonyl (C=O) groups excluding carboxylic acids is 1. The third-order valence-electron chi connectivity index (χ3n) is 6.39. The number of carbonyl (C=O) groups is 1. The highest BCUT2D eigenvalue weighted by atomic mass is 19.3. The van der Waals surface area contributed by atoms with E-state index in [0.717, 1.165) is 5.56 Å². The van der Waals surface area contributed by atoms with E-state index < -0.39 is 11.7 Å². The van der Waals surface area contributed by atoms with Crippen LogP contribution in [0.5, 0.6) is 0 Å². The molecule has 0 saturated heterocycles. The van der Waals surface area contributed by atoms with Crippen molar-refractivity contribution >= 4 is 17.3 Å². The van der Waals surface area contributed by atoms with Gasteiger partial charge in [0.05, 0.1) is 24.2 Å². The van der Waals surface area contributed by atoms with Crippen LogP contribution in [-0.2, 0) is 6.42 Å². The number of nitrogens with zero attached hydrogens (tertiary/aromatic N) is 5. The van der Waals surface area contributed by atoms with Crippen LogP contribution in [0.1, 0.15) is 59.8 Å². The Morgan fingerprint density at radius 1 is 1.12 bits per heavy atom. The van der Waals surface area contributed by atoms with Crippen LogP contribution in [-0.4, -0.2) is 32.2 Å². The third kappa shape index (κ3) is 4.23. The summed E-state index contributed by atoms with van der Waals surface area (Å²) in [4.78, 5) is 21.6. The zero-order chi connectivity index (χ0) is 23.9. The van der Waals surface area contributed by atoms with Crippen molar-refractivity contribution in [2.45, 2.75) is 50.5 Å². The van der Waals surface area contributed by atoms with Crippen molar-refractivity contribution in [2.24, 2.45) is 4.99 Å². The topological polar surface area (TPSA) is 83.9 Å². The Morgan fingerprint density at radius 3 is 2.62 bits per heavy atom. The molecule has 0 bridgehead atoms. The lowest BCUT2D eigenvalue weighted by Crippen LogP contribution is -2.27. The summed E-state index contributed by atoms with van der Waals surface area (Å²) in [6.45, 7) is 0. The number of ketones is 1. The Balaban J connectivity index is 1.46. The van der Waals surface area contributed by atoms with Crippen LogP contribution >= 0.6 is 0 Å². The molecule has 1 fully saturated rings. The first-order valence-electron chi connectivity index (χ1n) is 11.0. The molecule has 3 heterocycles. The van der Waals surface area contributed by atoms with Crippen LogP contribution in [0.15, 0.2) is 47.7 Å². The number of aromatic nitrogens is 3. The summed E-state index contributed by atoms with van der Waals surface area (Å²) in [6, 6.07) is 9.36. The molecule has 0 radical (unpaired) electrons. The largest absolute Gasteiger partial charge is 0.294 e. The predicted octanol–water partition coefficient (Wildman–Crippen LogP) is 5.61. The second-order valence-electron chi connectivity index (χ2n) is 8.71. The molecule has 9 heteroatoms. The minimum atomic E-state index is -2.66. The molecule has 6 nitrogen and oxygen atoms in total. The highest BCUT2D eigenvalue weighted by molar-refractivity contribution is 6.15. The van der Waals surface area contributed by atoms with Gasteiger partial charge in [-0.25, -0.2) is 27.8 Å². The number of halogens is 3. The molecule has 0 unspecified atom stereocenters. The van der Waals surface area contributed by atoms with Crippen LogP contribution in [0.4, 0.5) is 19.0 Å². The van der Waals surface area contributed by atoms with E-state index >= 15 is 0 Å². The predicted molar refractivity (Wildman–Crippen MR) is 119 cm³/mol. The fourth-order valence-electron chi connectivity index (χ4n) is 4.58. The highest BCUT2D eigenvalue weighted by Crippen LogP contribution is 2.41. The zero-order valence-corrected chi connectivity index (χ0v) is 18.1. The molecule has 3 aromatic rings. The number of Topliss-reactive ketones (excluding diaryl/α,β-unsaturated/α-hetero) is 1. The van der Waals surface area contributed by atoms with E-state index in [9.17, 15) is 18.0 Å². The van der Waals surface area contributed by atoms with Crippen molar-refractivity contribution in [1.29, 1.82) is 5.26 Å². The molecule has 1 aromatic carbocycles. The first kappa shape index (κ1) is 22.0. The van der Waals surface area contributed by atoms with E-state index in [0.29, 0.717) is 34.6 Å². The minimum absolute atomic E-state index is 0.101. The van der Waals surface area contributed by atoms with Gasteiger partial charge in [0.2, 0.25) is 5.92 Å². The Morgan fingerprint density at radius 2 is 1.91 bits per heavy atom. The van der Waals surface area contributed by atoms with E-state index in [1.807, 2.05) is 6.07 Å². The molecule has 172 valence electrons. The van der Waals surface area contributed by atoms with Crippen molar-refractivity contribution in [1.82, 2.24) is 14.8 Å². The molecule has 0 atom stereocenters. The summed E-state index contributed by atoms with van der Waals surface area (Å²) in [5.74, 6) is -2.80. The Hall–Kier alpha value is -3.80. The molecule has 1 saturated carbocycles. The van der Waals surface area contributed by atoms with Gasteiger partial charge >= 0.3 is 0 Å². The molecule has 34 heavy (non-hydrogen) atoms. The molecule has 1 aliphatic heterocycles. The summed E-state index contributed by atoms with van der Waals surface area (Å²) in [5, 5.41) is 13.3. The Kier molecular flexibility index (Phi) is 5.52. The van der Waals surface area contributed by atoms with Gasteiger partial charge < -0.3 is 0 Å². The molecule has 5 rings (SSSR count). The van der Waals surface area contributed by atoms with Gasteiger partial charge in [0.15, 0.2) is 11.6 Å². The van der Waals surface area contributed by atoms with Gasteiger partial charge in [-0.3, -0.25) is 4.79 Å². The van der Waals surface area contributed by atoms with Crippen LogP contribution < -0.4 is 0 Å². The van der Waals surface area contributed by atoms with Gasteiger partial charge in [-0.2, -0.15) is 10.4 Å². The van der Waals surface area contributed by atoms with E-state index in [-0.39, 0.29) is 49.6 Å². The number of alkyl halides is 2. The van der Waals surface area contributed by atoms with Crippen LogP contribution in [0.3, 0.4) is 0 Å². The fourth-order valence-corrected chi connectivity index (χ4v) is 4.58. The summed E-state index contributed by atoms with van der Waals surface area (Å²) >= 11 is 0. The maximum Gasteiger partial charge on any atom is 0.248 e. The van der Waals surface area contributed by atoms with E-state index in [1.165, 1.54) is 24.5 Å². The summed E-state index contributed by atoms with van der Waals surface area (Å²) < 4.78 is 42.9. The zero-order valence-electron chi connectivity index (χ0n) is 18.1. The number of rotatable bonds is 4. The molecule has 1 aliphatic carbocycles. The lowest BCUT2D eigenvalue weighted by Gasteiger charge is -2.29. The van der Waals surface area contributed by atoms with Crippen molar-refractivity contribution < 1.29 is 18.0 Å². The first-order valence-corrected chi connectivity index (χ1v) is 11.0. The second-order valence-corrected chi connectivity index (χ2v) is 8.71. The number of hydrogen-bond donors (Lipinski definition) is 0. The Labute approximate surface area is 193 Å².